The first-order valence-electron chi connectivity index (χ1n) is 12.6. The smallest absolute Gasteiger partial charge is 0.0540 e. The van der Waals surface area contributed by atoms with Crippen molar-refractivity contribution in [2.75, 3.05) is 4.90 Å². The third kappa shape index (κ3) is 4.94. The van der Waals surface area contributed by atoms with Crippen molar-refractivity contribution in [1.29, 1.82) is 0 Å². The Bertz CT molecular complexity index is 1630. The maximum atomic E-state index is 2.33. The molecule has 0 saturated carbocycles. The van der Waals surface area contributed by atoms with Gasteiger partial charge < -0.3 is 4.90 Å². The molecule has 6 aromatic carbocycles. The van der Waals surface area contributed by atoms with Crippen molar-refractivity contribution < 1.29 is 0 Å². The van der Waals surface area contributed by atoms with Crippen molar-refractivity contribution in [2.24, 2.45) is 0 Å². The van der Waals surface area contributed by atoms with Gasteiger partial charge >= 0.3 is 0 Å². The molecule has 0 amide bonds. The molecule has 6 aromatic rings. The van der Waals surface area contributed by atoms with Gasteiger partial charge in [-0.05, 0) is 58.0 Å². The minimum Gasteiger partial charge on any atom is -0.310 e. The number of hydrogen-bond donors (Lipinski definition) is 0. The van der Waals surface area contributed by atoms with Gasteiger partial charge in [-0.15, -0.1) is 0 Å². The fraction of sp³-hybridized carbons (Fsp3) is 0. The van der Waals surface area contributed by atoms with E-state index in [1.54, 1.807) is 0 Å². The Morgan fingerprint density at radius 3 is 1.59 bits per heavy atom. The standard InChI is InChI=1S/C36H27N/c1-3-10-30(11-4-1)31-24-20-28(21-25-31)18-19-29-22-26-34(27-23-29)37(33-14-5-2-6-15-33)36-17-9-13-32-12-7-8-16-35(32)36/h1-27H/b19-18+. The van der Waals surface area contributed by atoms with Gasteiger partial charge in [-0.1, -0.05) is 133 Å². The Hall–Kier alpha value is -4.88. The molecule has 0 aliphatic carbocycles. The summed E-state index contributed by atoms with van der Waals surface area (Å²) >= 11 is 0. The van der Waals surface area contributed by atoms with E-state index in [0.717, 1.165) is 11.4 Å². The summed E-state index contributed by atoms with van der Waals surface area (Å²) in [4.78, 5) is 2.33. The zero-order valence-electron chi connectivity index (χ0n) is 20.5. The third-order valence-corrected chi connectivity index (χ3v) is 6.66. The average Bonchev–Trinajstić information content (AvgIpc) is 2.98. The molecule has 6 rings (SSSR count). The molecule has 0 aromatic heterocycles. The summed E-state index contributed by atoms with van der Waals surface area (Å²) in [5.74, 6) is 0. The van der Waals surface area contributed by atoms with Gasteiger partial charge in [-0.2, -0.15) is 0 Å². The van der Waals surface area contributed by atoms with Crippen LogP contribution in [-0.4, -0.2) is 0 Å². The highest BCUT2D eigenvalue weighted by Crippen LogP contribution is 2.38. The van der Waals surface area contributed by atoms with Crippen LogP contribution in [-0.2, 0) is 0 Å². The molecular weight excluding hydrogens is 446 g/mol. The summed E-state index contributed by atoms with van der Waals surface area (Å²) in [5.41, 5.74) is 8.27. The number of anilines is 3. The van der Waals surface area contributed by atoms with Crippen molar-refractivity contribution in [2.45, 2.75) is 0 Å². The number of fused-ring (bicyclic) bond motifs is 1. The molecule has 1 nitrogen and oxygen atoms in total. The number of para-hydroxylation sites is 1. The van der Waals surface area contributed by atoms with Crippen LogP contribution in [0.2, 0.25) is 0 Å². The molecule has 0 heterocycles. The van der Waals surface area contributed by atoms with E-state index in [1.165, 1.54) is 38.7 Å². The summed E-state index contributed by atoms with van der Waals surface area (Å²) in [7, 11) is 0. The summed E-state index contributed by atoms with van der Waals surface area (Å²) in [6.07, 6.45) is 4.34. The SMILES string of the molecule is C(=C\c1ccc(N(c2ccccc2)c2cccc3ccccc23)cc1)/c1ccc(-c2ccccc2)cc1. The summed E-state index contributed by atoms with van der Waals surface area (Å²) in [6, 6.07) is 53.6. The zero-order chi connectivity index (χ0) is 24.9. The first kappa shape index (κ1) is 22.6. The first-order chi connectivity index (χ1) is 18.3. The van der Waals surface area contributed by atoms with Crippen LogP contribution >= 0.6 is 0 Å². The van der Waals surface area contributed by atoms with Crippen LogP contribution in [0, 0.1) is 0 Å². The van der Waals surface area contributed by atoms with Gasteiger partial charge in [0.1, 0.15) is 0 Å². The Balaban J connectivity index is 1.29. The van der Waals surface area contributed by atoms with Crippen LogP contribution in [0.25, 0.3) is 34.1 Å². The predicted octanol–water partition coefficient (Wildman–Crippen LogP) is 10.1. The quantitative estimate of drug-likeness (QED) is 0.217. The van der Waals surface area contributed by atoms with E-state index in [-0.39, 0.29) is 0 Å². The van der Waals surface area contributed by atoms with E-state index in [9.17, 15) is 0 Å². The molecule has 0 unspecified atom stereocenters. The van der Waals surface area contributed by atoms with Crippen LogP contribution in [0.4, 0.5) is 17.1 Å². The number of rotatable bonds is 6. The van der Waals surface area contributed by atoms with Crippen LogP contribution in [0.5, 0.6) is 0 Å². The summed E-state index contributed by atoms with van der Waals surface area (Å²) < 4.78 is 0. The molecule has 0 aliphatic heterocycles. The highest BCUT2D eigenvalue weighted by molar-refractivity contribution is 5.98. The van der Waals surface area contributed by atoms with E-state index in [4.69, 9.17) is 0 Å². The van der Waals surface area contributed by atoms with Crippen molar-refractivity contribution in [3.05, 3.63) is 163 Å². The second-order valence-electron chi connectivity index (χ2n) is 9.08. The summed E-state index contributed by atoms with van der Waals surface area (Å²) in [6.45, 7) is 0. The molecular formula is C36H27N. The molecule has 0 saturated heterocycles. The molecule has 0 fully saturated rings. The van der Waals surface area contributed by atoms with E-state index >= 15 is 0 Å². The predicted molar refractivity (Wildman–Crippen MR) is 159 cm³/mol. The van der Waals surface area contributed by atoms with Gasteiger partial charge in [0, 0.05) is 16.8 Å². The Morgan fingerprint density at radius 1 is 0.378 bits per heavy atom. The second kappa shape index (κ2) is 10.4. The average molecular weight is 474 g/mol. The van der Waals surface area contributed by atoms with Gasteiger partial charge in [0.25, 0.3) is 0 Å². The second-order valence-corrected chi connectivity index (χ2v) is 9.08. The molecule has 0 aliphatic rings. The largest absolute Gasteiger partial charge is 0.310 e. The van der Waals surface area contributed by atoms with Crippen molar-refractivity contribution in [3.8, 4) is 11.1 Å². The van der Waals surface area contributed by atoms with Gasteiger partial charge in [0.15, 0.2) is 0 Å². The lowest BCUT2D eigenvalue weighted by Gasteiger charge is -2.27. The zero-order valence-corrected chi connectivity index (χ0v) is 20.5. The lowest BCUT2D eigenvalue weighted by Crippen LogP contribution is -2.10. The highest BCUT2D eigenvalue weighted by Gasteiger charge is 2.14. The highest BCUT2D eigenvalue weighted by atomic mass is 15.1. The maximum Gasteiger partial charge on any atom is 0.0540 e. The Kier molecular flexibility index (Phi) is 6.34. The molecule has 0 N–H and O–H groups in total. The summed E-state index contributed by atoms with van der Waals surface area (Å²) in [5, 5.41) is 2.47. The number of nitrogens with zero attached hydrogens (tertiary/aromatic N) is 1. The van der Waals surface area contributed by atoms with E-state index < -0.39 is 0 Å². The van der Waals surface area contributed by atoms with Crippen LogP contribution < -0.4 is 4.90 Å². The number of hydrogen-bond acceptors (Lipinski definition) is 1. The third-order valence-electron chi connectivity index (χ3n) is 6.66. The molecule has 37 heavy (non-hydrogen) atoms. The lowest BCUT2D eigenvalue weighted by atomic mass is 10.0. The van der Waals surface area contributed by atoms with Crippen LogP contribution in [0.15, 0.2) is 152 Å². The minimum absolute atomic E-state index is 1.13. The maximum absolute atomic E-state index is 2.33. The van der Waals surface area contributed by atoms with E-state index in [2.05, 4.69) is 163 Å². The van der Waals surface area contributed by atoms with Gasteiger partial charge in [0.05, 0.1) is 5.69 Å². The molecule has 176 valence electrons. The normalized spacial score (nSPS) is 11.1. The topological polar surface area (TPSA) is 3.24 Å². The number of benzene rings is 6. The Labute approximate surface area is 218 Å². The van der Waals surface area contributed by atoms with Gasteiger partial charge in [-0.25, -0.2) is 0 Å². The van der Waals surface area contributed by atoms with Crippen molar-refractivity contribution in [1.82, 2.24) is 0 Å². The Morgan fingerprint density at radius 2 is 0.892 bits per heavy atom. The van der Waals surface area contributed by atoms with Crippen LogP contribution in [0.1, 0.15) is 11.1 Å². The molecule has 0 atom stereocenters. The van der Waals surface area contributed by atoms with Crippen molar-refractivity contribution >= 4 is 40.0 Å². The fourth-order valence-corrected chi connectivity index (χ4v) is 4.75. The first-order valence-corrected chi connectivity index (χ1v) is 12.6. The minimum atomic E-state index is 1.13. The van der Waals surface area contributed by atoms with Crippen molar-refractivity contribution in [3.63, 3.8) is 0 Å². The molecule has 0 spiro atoms. The molecule has 0 radical (unpaired) electrons. The molecule has 1 heteroatoms. The fourth-order valence-electron chi connectivity index (χ4n) is 4.75. The van der Waals surface area contributed by atoms with E-state index in [1.807, 2.05) is 6.07 Å². The lowest BCUT2D eigenvalue weighted by molar-refractivity contribution is 1.30. The van der Waals surface area contributed by atoms with E-state index in [0.29, 0.717) is 0 Å². The van der Waals surface area contributed by atoms with Gasteiger partial charge in [-0.3, -0.25) is 0 Å². The molecule has 0 bridgehead atoms. The monoisotopic (exact) mass is 473 g/mol. The van der Waals surface area contributed by atoms with Gasteiger partial charge in [0.2, 0.25) is 0 Å². The van der Waals surface area contributed by atoms with Crippen LogP contribution in [0.3, 0.4) is 0 Å².